The molecule has 0 N–H and O–H groups in total. The lowest BCUT2D eigenvalue weighted by Gasteiger charge is -2.27. The number of anilines is 1. The molecule has 2 saturated heterocycles. The summed E-state index contributed by atoms with van der Waals surface area (Å²) in [7, 11) is 0. The molecular formula is C16H22ClN5O2. The fourth-order valence-corrected chi connectivity index (χ4v) is 3.54. The fourth-order valence-electron chi connectivity index (χ4n) is 3.38. The molecule has 0 bridgehead atoms. The Morgan fingerprint density at radius 2 is 2.04 bits per heavy atom. The van der Waals surface area contributed by atoms with Crippen LogP contribution in [0.4, 0.5) is 5.82 Å². The van der Waals surface area contributed by atoms with Crippen molar-refractivity contribution in [3.63, 3.8) is 0 Å². The molecule has 0 aliphatic carbocycles. The number of imidazole rings is 1. The Morgan fingerprint density at radius 1 is 1.17 bits per heavy atom. The van der Waals surface area contributed by atoms with Gasteiger partial charge in [0.25, 0.3) is 0 Å². The summed E-state index contributed by atoms with van der Waals surface area (Å²) in [6.07, 6.45) is 6.72. The first kappa shape index (κ1) is 16.1. The van der Waals surface area contributed by atoms with Crippen LogP contribution in [0.5, 0.6) is 0 Å². The van der Waals surface area contributed by atoms with Crippen LogP contribution in [0.15, 0.2) is 6.33 Å². The molecule has 1 atom stereocenters. The van der Waals surface area contributed by atoms with Gasteiger partial charge >= 0.3 is 0 Å². The number of ether oxygens (including phenoxy) is 2. The van der Waals surface area contributed by atoms with Crippen molar-refractivity contribution in [1.82, 2.24) is 19.5 Å². The number of morpholine rings is 1. The van der Waals surface area contributed by atoms with E-state index in [1.54, 1.807) is 0 Å². The van der Waals surface area contributed by atoms with Crippen LogP contribution >= 0.6 is 11.6 Å². The molecule has 4 rings (SSSR count). The summed E-state index contributed by atoms with van der Waals surface area (Å²) in [6, 6.07) is 0. The minimum Gasteiger partial charge on any atom is -0.378 e. The topological polar surface area (TPSA) is 65.3 Å². The fraction of sp³-hybridized carbons (Fsp3) is 0.688. The van der Waals surface area contributed by atoms with Crippen molar-refractivity contribution in [2.45, 2.75) is 38.3 Å². The minimum atomic E-state index is 0.264. The molecule has 7 nitrogen and oxygen atoms in total. The molecule has 8 heteroatoms. The van der Waals surface area contributed by atoms with Crippen molar-refractivity contribution in [2.75, 3.05) is 37.8 Å². The van der Waals surface area contributed by atoms with Crippen LogP contribution in [-0.4, -0.2) is 58.5 Å². The molecule has 24 heavy (non-hydrogen) atoms. The third-order valence-electron chi connectivity index (χ3n) is 4.69. The Bertz CT molecular complexity index is 695. The molecule has 2 aliphatic heterocycles. The maximum absolute atomic E-state index is 6.17. The van der Waals surface area contributed by atoms with Crippen LogP contribution in [-0.2, 0) is 16.0 Å². The second-order valence-electron chi connectivity index (χ2n) is 6.30. The quantitative estimate of drug-likeness (QED) is 0.787. The van der Waals surface area contributed by atoms with Crippen molar-refractivity contribution in [3.05, 3.63) is 11.6 Å². The van der Waals surface area contributed by atoms with Crippen LogP contribution in [0, 0.1) is 0 Å². The number of rotatable bonds is 4. The predicted octanol–water partition coefficient (Wildman–Crippen LogP) is 2.28. The van der Waals surface area contributed by atoms with Crippen molar-refractivity contribution in [3.8, 4) is 0 Å². The first-order chi connectivity index (χ1) is 11.8. The normalized spacial score (nSPS) is 22.2. The van der Waals surface area contributed by atoms with E-state index in [1.807, 2.05) is 6.33 Å². The van der Waals surface area contributed by atoms with Crippen molar-refractivity contribution in [1.29, 1.82) is 0 Å². The van der Waals surface area contributed by atoms with Gasteiger partial charge in [0.1, 0.15) is 0 Å². The zero-order valence-corrected chi connectivity index (χ0v) is 14.4. The minimum absolute atomic E-state index is 0.264. The molecule has 4 heterocycles. The van der Waals surface area contributed by atoms with Crippen LogP contribution in [0.3, 0.4) is 0 Å². The summed E-state index contributed by atoms with van der Waals surface area (Å²) in [6.45, 7) is 4.70. The predicted molar refractivity (Wildman–Crippen MR) is 91.6 cm³/mol. The molecule has 1 unspecified atom stereocenters. The summed E-state index contributed by atoms with van der Waals surface area (Å²) in [5.41, 5.74) is 1.61. The molecule has 0 saturated carbocycles. The van der Waals surface area contributed by atoms with E-state index in [2.05, 4.69) is 24.4 Å². The van der Waals surface area contributed by atoms with Crippen LogP contribution in [0.25, 0.3) is 11.2 Å². The van der Waals surface area contributed by atoms with E-state index >= 15 is 0 Å². The highest BCUT2D eigenvalue weighted by atomic mass is 35.5. The van der Waals surface area contributed by atoms with Gasteiger partial charge in [-0.25, -0.2) is 4.98 Å². The maximum Gasteiger partial charge on any atom is 0.226 e. The first-order valence-corrected chi connectivity index (χ1v) is 9.02. The van der Waals surface area contributed by atoms with Gasteiger partial charge in [0.15, 0.2) is 17.0 Å². The van der Waals surface area contributed by atoms with E-state index in [4.69, 9.17) is 21.1 Å². The highest BCUT2D eigenvalue weighted by Gasteiger charge is 2.21. The Hall–Kier alpha value is -1.44. The molecule has 2 fully saturated rings. The Morgan fingerprint density at radius 3 is 2.83 bits per heavy atom. The Labute approximate surface area is 145 Å². The highest BCUT2D eigenvalue weighted by Crippen LogP contribution is 2.26. The monoisotopic (exact) mass is 351 g/mol. The van der Waals surface area contributed by atoms with E-state index in [9.17, 15) is 0 Å². The largest absolute Gasteiger partial charge is 0.378 e. The lowest BCUT2D eigenvalue weighted by atomic mass is 10.1. The molecule has 0 aromatic carbocycles. The zero-order valence-electron chi connectivity index (χ0n) is 13.7. The lowest BCUT2D eigenvalue weighted by Crippen LogP contribution is -2.37. The second kappa shape index (κ2) is 7.21. The van der Waals surface area contributed by atoms with Gasteiger partial charge < -0.3 is 18.9 Å². The summed E-state index contributed by atoms with van der Waals surface area (Å²) < 4.78 is 13.3. The summed E-state index contributed by atoms with van der Waals surface area (Å²) in [4.78, 5) is 15.5. The highest BCUT2D eigenvalue weighted by molar-refractivity contribution is 6.28. The van der Waals surface area contributed by atoms with Gasteiger partial charge in [0.2, 0.25) is 5.28 Å². The van der Waals surface area contributed by atoms with Crippen LogP contribution in [0.1, 0.15) is 25.7 Å². The van der Waals surface area contributed by atoms with Crippen LogP contribution < -0.4 is 4.90 Å². The Kier molecular flexibility index (Phi) is 4.82. The van der Waals surface area contributed by atoms with Gasteiger partial charge in [-0.15, -0.1) is 0 Å². The van der Waals surface area contributed by atoms with Gasteiger partial charge in [-0.2, -0.15) is 9.97 Å². The molecule has 0 radical (unpaired) electrons. The molecule has 2 aromatic rings. The zero-order chi connectivity index (χ0) is 16.4. The number of aryl methyl sites for hydroxylation is 1. The van der Waals surface area contributed by atoms with Gasteiger partial charge in [0, 0.05) is 26.2 Å². The van der Waals surface area contributed by atoms with Gasteiger partial charge in [-0.3, -0.25) is 0 Å². The number of aromatic nitrogens is 4. The van der Waals surface area contributed by atoms with Gasteiger partial charge in [-0.1, -0.05) is 0 Å². The lowest BCUT2D eigenvalue weighted by molar-refractivity contribution is 0.00895. The average molecular weight is 352 g/mol. The number of fused-ring (bicyclic) bond motifs is 1. The first-order valence-electron chi connectivity index (χ1n) is 8.64. The number of hydrogen-bond acceptors (Lipinski definition) is 6. The molecule has 2 aliphatic rings. The van der Waals surface area contributed by atoms with E-state index in [-0.39, 0.29) is 5.28 Å². The van der Waals surface area contributed by atoms with E-state index < -0.39 is 0 Å². The van der Waals surface area contributed by atoms with Gasteiger partial charge in [-0.05, 0) is 37.3 Å². The summed E-state index contributed by atoms with van der Waals surface area (Å²) >= 11 is 6.17. The molecular weight excluding hydrogens is 330 g/mol. The van der Waals surface area contributed by atoms with Crippen molar-refractivity contribution in [2.24, 2.45) is 0 Å². The van der Waals surface area contributed by atoms with Crippen molar-refractivity contribution < 1.29 is 9.47 Å². The number of nitrogens with zero attached hydrogens (tertiary/aromatic N) is 5. The molecule has 2 aromatic heterocycles. The van der Waals surface area contributed by atoms with E-state index in [0.29, 0.717) is 19.3 Å². The van der Waals surface area contributed by atoms with Crippen molar-refractivity contribution >= 4 is 28.6 Å². The summed E-state index contributed by atoms with van der Waals surface area (Å²) in [5, 5.41) is 0.264. The number of hydrogen-bond donors (Lipinski definition) is 0. The third-order valence-corrected chi connectivity index (χ3v) is 4.86. The number of halogens is 1. The summed E-state index contributed by atoms with van der Waals surface area (Å²) in [5.74, 6) is 0.806. The second-order valence-corrected chi connectivity index (χ2v) is 6.64. The average Bonchev–Trinajstić information content (AvgIpc) is 3.03. The SMILES string of the molecule is Clc1nc(N2CCOCC2)c2ncn(CCC3CCCCO3)c2n1. The third kappa shape index (κ3) is 3.34. The van der Waals surface area contributed by atoms with Gasteiger partial charge in [0.05, 0.1) is 25.6 Å². The van der Waals surface area contributed by atoms with Crippen LogP contribution in [0.2, 0.25) is 5.28 Å². The smallest absolute Gasteiger partial charge is 0.226 e. The van der Waals surface area contributed by atoms with E-state index in [0.717, 1.165) is 56.1 Å². The standard InChI is InChI=1S/C16H22ClN5O2/c17-16-19-14(21-6-9-23-10-7-21)13-15(20-16)22(11-18-13)5-4-12-3-1-2-8-24-12/h11-12H,1-10H2. The maximum atomic E-state index is 6.17. The van der Waals surface area contributed by atoms with E-state index in [1.165, 1.54) is 12.8 Å². The molecule has 0 spiro atoms. The Balaban J connectivity index is 1.57. The molecule has 0 amide bonds. The molecule has 130 valence electrons.